The van der Waals surface area contributed by atoms with E-state index in [-0.39, 0.29) is 35.4 Å². The zero-order valence-corrected chi connectivity index (χ0v) is 49.1. The van der Waals surface area contributed by atoms with Crippen molar-refractivity contribution in [2.75, 3.05) is 66.0 Å². The smallest absolute Gasteiger partial charge is 0.243 e. The molecule has 0 saturated carbocycles. The molecule has 75 heavy (non-hydrogen) atoms. The fraction of sp³-hybridized carbons (Fsp3) is 0.902. The van der Waals surface area contributed by atoms with Gasteiger partial charge in [0.25, 0.3) is 0 Å². The van der Waals surface area contributed by atoms with Crippen LogP contribution in [0, 0.1) is 0 Å². The summed E-state index contributed by atoms with van der Waals surface area (Å²) in [6.07, 6.45) is 43.3. The molecule has 1 aliphatic rings. The van der Waals surface area contributed by atoms with Crippen LogP contribution in [0.15, 0.2) is 0 Å². The molecule has 438 valence electrons. The average molecular weight is 1060 g/mol. The molecule has 0 aliphatic carbocycles. The van der Waals surface area contributed by atoms with Gasteiger partial charge in [0, 0.05) is 78.5 Å². The van der Waals surface area contributed by atoms with Gasteiger partial charge in [-0.25, -0.2) is 0 Å². The lowest BCUT2D eigenvalue weighted by atomic mass is 10.0. The van der Waals surface area contributed by atoms with Crippen LogP contribution in [0.5, 0.6) is 0 Å². The van der Waals surface area contributed by atoms with Crippen molar-refractivity contribution < 1.29 is 28.8 Å². The first-order valence-corrected chi connectivity index (χ1v) is 31.7. The fourth-order valence-corrected chi connectivity index (χ4v) is 10.1. The van der Waals surface area contributed by atoms with Crippen molar-refractivity contribution in [1.82, 2.24) is 41.7 Å². The van der Waals surface area contributed by atoms with Crippen molar-refractivity contribution in [2.24, 2.45) is 0 Å². The van der Waals surface area contributed by atoms with Crippen molar-refractivity contribution in [3.63, 3.8) is 0 Å². The van der Waals surface area contributed by atoms with Crippen LogP contribution in [0.1, 0.15) is 278 Å². The highest BCUT2D eigenvalue weighted by molar-refractivity contribution is 5.96. The van der Waals surface area contributed by atoms with Crippen LogP contribution in [0.25, 0.3) is 0 Å². The molecule has 14 heteroatoms. The molecular formula is C61H118N8O6. The molecule has 0 spiro atoms. The predicted octanol–water partition coefficient (Wildman–Crippen LogP) is 11.3. The Balaban J connectivity index is 2.50. The minimum absolute atomic E-state index is 0.0351. The molecule has 0 radical (unpaired) electrons. The second-order valence-corrected chi connectivity index (χ2v) is 22.1. The normalized spacial score (nSPS) is 14.5. The molecule has 0 aromatic rings. The standard InChI is InChI=1S/C61H118N8O6/c1-5-8-11-14-17-20-23-26-29-34-45-63-57(71)42-51-68(50-41-56(70)62-4)48-37-32-39-54-60(74)67-55(61(75)66-54)40-33-38-49-69(52-43-58(72)64-46-35-30-27-24-21-18-15-12-9-6-2)53-44-59(73)65-47-36-31-28-25-22-19-16-13-10-7-3/h54-55H,5-53H2,1-4H3,(H,62,70)(H,63,71)(H,64,72)(H,65,73)(H,66,75)(H,67,74). The summed E-state index contributed by atoms with van der Waals surface area (Å²) in [7, 11) is 1.63. The molecule has 14 nitrogen and oxygen atoms in total. The number of hydrogen-bond acceptors (Lipinski definition) is 8. The molecule has 1 rings (SSSR count). The second-order valence-electron chi connectivity index (χ2n) is 22.1. The van der Waals surface area contributed by atoms with Crippen molar-refractivity contribution in [2.45, 2.75) is 290 Å². The van der Waals surface area contributed by atoms with E-state index < -0.39 is 12.1 Å². The third kappa shape index (κ3) is 43.4. The van der Waals surface area contributed by atoms with E-state index >= 15 is 0 Å². The maximum absolute atomic E-state index is 13.2. The van der Waals surface area contributed by atoms with Gasteiger partial charge in [-0.1, -0.05) is 194 Å². The maximum atomic E-state index is 13.2. The number of carbonyl (C=O) groups is 6. The maximum Gasteiger partial charge on any atom is 0.243 e. The van der Waals surface area contributed by atoms with E-state index in [1.165, 1.54) is 154 Å². The van der Waals surface area contributed by atoms with E-state index in [0.29, 0.717) is 97.4 Å². The summed E-state index contributed by atoms with van der Waals surface area (Å²) in [6, 6.07) is -1.18. The van der Waals surface area contributed by atoms with E-state index in [1.54, 1.807) is 7.05 Å². The number of unbranched alkanes of at least 4 members (excludes halogenated alkanes) is 29. The van der Waals surface area contributed by atoms with Gasteiger partial charge in [0.2, 0.25) is 35.4 Å². The lowest BCUT2D eigenvalue weighted by molar-refractivity contribution is -0.137. The Morgan fingerprint density at radius 3 is 0.867 bits per heavy atom. The lowest BCUT2D eigenvalue weighted by Gasteiger charge is -2.30. The average Bonchev–Trinajstić information content (AvgIpc) is 3.40. The molecule has 6 amide bonds. The minimum atomic E-state index is -0.591. The molecule has 1 saturated heterocycles. The van der Waals surface area contributed by atoms with E-state index in [1.807, 2.05) is 0 Å². The number of rotatable bonds is 55. The largest absolute Gasteiger partial charge is 0.359 e. The molecule has 1 aliphatic heterocycles. The molecule has 6 N–H and O–H groups in total. The van der Waals surface area contributed by atoms with Crippen molar-refractivity contribution in [1.29, 1.82) is 0 Å². The number of hydrogen-bond donors (Lipinski definition) is 6. The summed E-state index contributed by atoms with van der Waals surface area (Å²) < 4.78 is 0. The summed E-state index contributed by atoms with van der Waals surface area (Å²) in [5.41, 5.74) is 0. The third-order valence-corrected chi connectivity index (χ3v) is 15.2. The van der Waals surface area contributed by atoms with Crippen LogP contribution in [0.4, 0.5) is 0 Å². The van der Waals surface area contributed by atoms with Crippen LogP contribution in [0.2, 0.25) is 0 Å². The van der Waals surface area contributed by atoms with Gasteiger partial charge < -0.3 is 41.7 Å². The molecule has 0 aromatic heterocycles. The van der Waals surface area contributed by atoms with Gasteiger partial charge in [-0.2, -0.15) is 0 Å². The topological polar surface area (TPSA) is 181 Å². The third-order valence-electron chi connectivity index (χ3n) is 15.2. The minimum Gasteiger partial charge on any atom is -0.359 e. The van der Waals surface area contributed by atoms with E-state index in [4.69, 9.17) is 0 Å². The summed E-state index contributed by atoms with van der Waals surface area (Å²) in [5, 5.41) is 17.9. The molecule has 2 unspecified atom stereocenters. The monoisotopic (exact) mass is 1060 g/mol. The summed E-state index contributed by atoms with van der Waals surface area (Å²) in [5.74, 6) is -0.236. The van der Waals surface area contributed by atoms with Gasteiger partial charge in [-0.3, -0.25) is 28.8 Å². The van der Waals surface area contributed by atoms with Gasteiger partial charge >= 0.3 is 0 Å². The Morgan fingerprint density at radius 1 is 0.347 bits per heavy atom. The zero-order valence-electron chi connectivity index (χ0n) is 49.1. The summed E-state index contributed by atoms with van der Waals surface area (Å²) in [4.78, 5) is 81.3. The summed E-state index contributed by atoms with van der Waals surface area (Å²) in [6.45, 7) is 12.5. The van der Waals surface area contributed by atoms with Gasteiger partial charge in [-0.05, 0) is 70.9 Å². The SMILES string of the molecule is CCCCCCCCCCCCNC(=O)CCN(CCCCC1NC(=O)C(CCCCN(CCC(=O)NCCCCCCCCCCCC)CCC(=O)NCCCCCCCCCCCC)NC1=O)CCC(=O)NC. The summed E-state index contributed by atoms with van der Waals surface area (Å²) >= 11 is 0. The molecule has 0 aromatic carbocycles. The molecular weight excluding hydrogens is 941 g/mol. The first-order valence-electron chi connectivity index (χ1n) is 31.7. The Hall–Kier alpha value is -3.26. The van der Waals surface area contributed by atoms with Crippen molar-refractivity contribution in [3.05, 3.63) is 0 Å². The number of nitrogens with one attached hydrogen (secondary N) is 6. The molecule has 2 atom stereocenters. The Morgan fingerprint density at radius 2 is 0.600 bits per heavy atom. The van der Waals surface area contributed by atoms with Crippen LogP contribution < -0.4 is 31.9 Å². The predicted molar refractivity (Wildman–Crippen MR) is 312 cm³/mol. The van der Waals surface area contributed by atoms with Gasteiger partial charge in [-0.15, -0.1) is 0 Å². The number of carbonyl (C=O) groups excluding carboxylic acids is 6. The fourth-order valence-electron chi connectivity index (χ4n) is 10.1. The second kappa shape index (κ2) is 51.5. The van der Waals surface area contributed by atoms with E-state index in [9.17, 15) is 28.8 Å². The van der Waals surface area contributed by atoms with E-state index in [2.05, 4.69) is 62.5 Å². The van der Waals surface area contributed by atoms with Gasteiger partial charge in [0.1, 0.15) is 12.1 Å². The van der Waals surface area contributed by atoms with Crippen LogP contribution in [-0.2, 0) is 28.8 Å². The van der Waals surface area contributed by atoms with Gasteiger partial charge in [0.15, 0.2) is 0 Å². The number of piperazine rings is 1. The van der Waals surface area contributed by atoms with Crippen molar-refractivity contribution in [3.8, 4) is 0 Å². The molecule has 1 heterocycles. The van der Waals surface area contributed by atoms with Crippen LogP contribution >= 0.6 is 0 Å². The van der Waals surface area contributed by atoms with E-state index in [0.717, 1.165) is 64.2 Å². The van der Waals surface area contributed by atoms with Crippen LogP contribution in [0.3, 0.4) is 0 Å². The number of amides is 6. The number of nitrogens with zero attached hydrogens (tertiary/aromatic N) is 2. The Bertz CT molecular complexity index is 1380. The highest BCUT2D eigenvalue weighted by Gasteiger charge is 2.32. The highest BCUT2D eigenvalue weighted by atomic mass is 16.2. The highest BCUT2D eigenvalue weighted by Crippen LogP contribution is 2.15. The first-order chi connectivity index (χ1) is 36.6. The Labute approximate surface area is 459 Å². The molecule has 0 bridgehead atoms. The lowest BCUT2D eigenvalue weighted by Crippen LogP contribution is -2.61. The van der Waals surface area contributed by atoms with Gasteiger partial charge in [0.05, 0.1) is 0 Å². The molecule has 1 fully saturated rings. The first kappa shape index (κ1) is 69.8. The quantitative estimate of drug-likeness (QED) is 0.0326. The zero-order chi connectivity index (χ0) is 54.7. The van der Waals surface area contributed by atoms with Crippen molar-refractivity contribution >= 4 is 35.4 Å². The Kier molecular flexibility index (Phi) is 47.9. The van der Waals surface area contributed by atoms with Crippen LogP contribution in [-0.4, -0.2) is 123 Å².